The summed E-state index contributed by atoms with van der Waals surface area (Å²) in [4.78, 5) is 105. The van der Waals surface area contributed by atoms with Crippen molar-refractivity contribution in [1.82, 2.24) is 19.9 Å². The Balaban J connectivity index is 0.00000529. The molecular formula is C46H37FmN5O10. The number of aliphatic carboxylic acids is 1. The number of rotatable bonds is 11. The SMILES string of the molecule is Cc1nc2ccc3ccc(CN(C(=O)OCC4c5ccccc5-c5ccccc54)c4ccc5c(c4)CN(C(CCC(=O)ON4C(=O)CCC4=O)C(=O)O)C5=O)cc3c2c(=O)[nH]1.[Fm]. The Morgan fingerprint density at radius 2 is 1.55 bits per heavy atom. The second kappa shape index (κ2) is 15.8. The average molecular weight is 1080 g/mol. The molecule has 0 spiro atoms. The maximum Gasteiger partial charge on any atom is 0.414 e. The number of H-pyrrole nitrogens is 1. The Kier molecular flexibility index (Phi) is 10.2. The molecule has 0 bridgehead atoms. The zero-order valence-corrected chi connectivity index (χ0v) is 35.4. The number of carboxylic acid groups (broad SMARTS) is 1. The van der Waals surface area contributed by atoms with E-state index in [0.717, 1.165) is 32.5 Å². The van der Waals surface area contributed by atoms with E-state index in [4.69, 9.17) is 9.57 Å². The van der Waals surface area contributed by atoms with Crippen LogP contribution in [0.3, 0.4) is 0 Å². The Morgan fingerprint density at radius 3 is 2.24 bits per heavy atom. The normalized spacial score (nSPS) is 14.7. The molecule has 318 valence electrons. The summed E-state index contributed by atoms with van der Waals surface area (Å²) in [7, 11) is 0. The van der Waals surface area contributed by atoms with Gasteiger partial charge in [0.25, 0.3) is 23.3 Å². The van der Waals surface area contributed by atoms with Gasteiger partial charge in [0.05, 0.1) is 23.9 Å². The van der Waals surface area contributed by atoms with Crippen molar-refractivity contribution in [3.63, 3.8) is 0 Å². The monoisotopic (exact) mass is 1080 g/mol. The molecule has 2 N–H and O–H groups in total. The first-order valence-corrected chi connectivity index (χ1v) is 19.7. The van der Waals surface area contributed by atoms with Crippen molar-refractivity contribution in [2.45, 2.75) is 57.7 Å². The topological polar surface area (TPSA) is 197 Å². The van der Waals surface area contributed by atoms with Gasteiger partial charge in [0.1, 0.15) is 18.5 Å². The third kappa shape index (κ3) is 7.10. The number of anilines is 1. The molecule has 1 aliphatic carbocycles. The minimum atomic E-state index is -1.45. The number of aromatic amines is 1. The number of imide groups is 1. The first kappa shape index (κ1) is 40.1. The molecule has 15 nitrogen and oxygen atoms in total. The zero-order chi connectivity index (χ0) is 42.5. The molecule has 16 heteroatoms. The van der Waals surface area contributed by atoms with Crippen molar-refractivity contribution in [2.24, 2.45) is 0 Å². The van der Waals surface area contributed by atoms with Crippen molar-refractivity contribution >= 4 is 63.1 Å². The minimum absolute atomic E-state index is 0. The van der Waals surface area contributed by atoms with Crippen molar-refractivity contribution in [3.05, 3.63) is 141 Å². The number of carbonyl (C=O) groups excluding carboxylic acids is 5. The molecule has 1 aromatic heterocycles. The minimum Gasteiger partial charge on any atom is -0.480 e. The van der Waals surface area contributed by atoms with E-state index in [-0.39, 0.29) is 56.0 Å². The number of aryl methyl sites for hydroxylation is 1. The van der Waals surface area contributed by atoms with Gasteiger partial charge in [0.15, 0.2) is 0 Å². The van der Waals surface area contributed by atoms with Crippen molar-refractivity contribution in [1.29, 1.82) is 0 Å². The standard InChI is InChI=1S/C46H37N5O10.Fm/c1-25-47-37-15-12-27-11-10-26(20-35(27)42(37)43(55)48-25)22-49(46(59)60-24-36-33-8-4-2-6-31(33)32-7-3-5-9-34(32)36)29-13-14-30-28(21-29)23-50(44(30)56)38(45(57)58)16-19-41(54)61-51-39(52)17-18-40(51)53;/h2-15,20-21,36,38H,16-19,22-24H2,1H3,(H,57,58)(H,47,48,55);. The van der Waals surface area contributed by atoms with Crippen LogP contribution >= 0.6 is 0 Å². The van der Waals surface area contributed by atoms with E-state index in [1.165, 1.54) is 11.0 Å². The largest absolute Gasteiger partial charge is 0.480 e. The maximum absolute atomic E-state index is 14.4. The van der Waals surface area contributed by atoms with Crippen LogP contribution in [0.4, 0.5) is 10.5 Å². The molecule has 1 fully saturated rings. The summed E-state index contributed by atoms with van der Waals surface area (Å²) >= 11 is 0. The Hall–Kier alpha value is -8.68. The first-order valence-electron chi connectivity index (χ1n) is 19.7. The van der Waals surface area contributed by atoms with E-state index in [0.29, 0.717) is 44.0 Å². The summed E-state index contributed by atoms with van der Waals surface area (Å²) in [6, 6.07) is 28.5. The van der Waals surface area contributed by atoms with Crippen molar-refractivity contribution in [2.75, 3.05) is 11.5 Å². The van der Waals surface area contributed by atoms with Gasteiger partial charge in [0, 0.05) is 36.6 Å². The molecule has 2 aliphatic heterocycles. The number of benzene rings is 5. The third-order valence-electron chi connectivity index (χ3n) is 11.5. The fraction of sp³-hybridized carbons (Fsp3) is 0.217. The Labute approximate surface area is 347 Å². The van der Waals surface area contributed by atoms with Gasteiger partial charge < -0.3 is 24.6 Å². The van der Waals surface area contributed by atoms with E-state index >= 15 is 0 Å². The summed E-state index contributed by atoms with van der Waals surface area (Å²) in [5.74, 6) is -4.02. The van der Waals surface area contributed by atoms with Gasteiger partial charge in [-0.05, 0) is 87.8 Å². The van der Waals surface area contributed by atoms with Gasteiger partial charge in [-0.15, -0.1) is 5.06 Å². The van der Waals surface area contributed by atoms with E-state index in [2.05, 4.69) is 9.97 Å². The molecule has 4 amide bonds. The first-order chi connectivity index (χ1) is 29.4. The number of aromatic nitrogens is 2. The molecule has 3 heterocycles. The quantitative estimate of drug-likeness (QED) is 0.112. The number of ether oxygens (including phenoxy) is 1. The number of nitrogens with zero attached hydrogens (tertiary/aromatic N) is 4. The van der Waals surface area contributed by atoms with Crippen molar-refractivity contribution in [3.8, 4) is 11.1 Å². The second-order valence-corrected chi connectivity index (χ2v) is 15.3. The maximum atomic E-state index is 14.4. The number of amides is 4. The second-order valence-electron chi connectivity index (χ2n) is 15.3. The van der Waals surface area contributed by atoms with Crippen molar-refractivity contribution < 1.29 is 43.4 Å². The van der Waals surface area contributed by atoms with E-state index < -0.39 is 48.2 Å². The average Bonchev–Trinajstić information content (AvgIpc) is 3.87. The number of fused-ring (bicyclic) bond motifs is 7. The predicted octanol–water partition coefficient (Wildman–Crippen LogP) is 6.14. The van der Waals surface area contributed by atoms with E-state index in [9.17, 15) is 38.7 Å². The molecule has 9 rings (SSSR count). The number of carbonyl (C=O) groups is 6. The van der Waals surface area contributed by atoms with Crippen LogP contribution in [0.1, 0.15) is 70.0 Å². The van der Waals surface area contributed by atoms with Gasteiger partial charge >= 0.3 is 18.0 Å². The van der Waals surface area contributed by atoms with E-state index in [1.807, 2.05) is 72.8 Å². The summed E-state index contributed by atoms with van der Waals surface area (Å²) in [6.45, 7) is 1.59. The number of hydrogen-bond acceptors (Lipinski definition) is 10. The summed E-state index contributed by atoms with van der Waals surface area (Å²) in [5.41, 5.74) is 6.15. The molecule has 1 saturated heterocycles. The van der Waals surface area contributed by atoms with Gasteiger partial charge in [-0.25, -0.2) is 19.4 Å². The van der Waals surface area contributed by atoms with Gasteiger partial charge in [-0.2, -0.15) is 0 Å². The zero-order valence-electron chi connectivity index (χ0n) is 33.0. The van der Waals surface area contributed by atoms with Crippen LogP contribution in [0.2, 0.25) is 0 Å². The van der Waals surface area contributed by atoms with Crippen LogP contribution in [-0.4, -0.2) is 73.4 Å². The van der Waals surface area contributed by atoms with E-state index in [1.54, 1.807) is 25.1 Å². The molecule has 1 unspecified atom stereocenters. The fourth-order valence-electron chi connectivity index (χ4n) is 8.56. The molecular weight excluding hydrogens is 1040 g/mol. The Bertz CT molecular complexity index is 2870. The van der Waals surface area contributed by atoms with Crippen LogP contribution < -0.4 is 10.5 Å². The molecule has 6 aromatic rings. The molecule has 0 saturated carbocycles. The number of hydroxylamine groups is 2. The number of hydrogen-bond donors (Lipinski definition) is 2. The van der Waals surface area contributed by atoms with Crippen LogP contribution in [-0.2, 0) is 41.8 Å². The van der Waals surface area contributed by atoms with Crippen LogP contribution in [0.25, 0.3) is 32.8 Å². The number of carboxylic acids is 1. The van der Waals surface area contributed by atoms with Crippen LogP contribution in [0.5, 0.6) is 0 Å². The molecule has 62 heavy (non-hydrogen) atoms. The predicted molar refractivity (Wildman–Crippen MR) is 220 cm³/mol. The van der Waals surface area contributed by atoms with Crippen LogP contribution in [0, 0.1) is 6.92 Å². The smallest absolute Gasteiger partial charge is 0.414 e. The summed E-state index contributed by atoms with van der Waals surface area (Å²) in [5, 5.41) is 12.4. The van der Waals surface area contributed by atoms with Crippen LogP contribution in [0.15, 0.2) is 102 Å². The van der Waals surface area contributed by atoms with Gasteiger partial charge in [0.2, 0.25) is 0 Å². The fourth-order valence-corrected chi connectivity index (χ4v) is 8.56. The number of nitrogens with one attached hydrogen (secondary N) is 1. The third-order valence-corrected chi connectivity index (χ3v) is 11.5. The van der Waals surface area contributed by atoms with Gasteiger partial charge in [-0.1, -0.05) is 66.7 Å². The Morgan fingerprint density at radius 1 is 0.871 bits per heavy atom. The molecule has 1 atom stereocenters. The molecule has 3 aliphatic rings. The summed E-state index contributed by atoms with van der Waals surface area (Å²) in [6.07, 6.45) is -1.70. The molecule has 0 radical (unpaired) electrons. The van der Waals surface area contributed by atoms with Gasteiger partial charge in [-0.3, -0.25) is 24.1 Å². The summed E-state index contributed by atoms with van der Waals surface area (Å²) < 4.78 is 6.14. The molecule has 5 aromatic carbocycles.